The summed E-state index contributed by atoms with van der Waals surface area (Å²) >= 11 is 9.10. The average molecular weight is 479 g/mol. The normalized spacial score (nSPS) is 10.7. The molecule has 0 unspecified atom stereocenters. The fourth-order valence-electron chi connectivity index (χ4n) is 3.15. The number of aryl methyl sites for hydroxylation is 1. The Morgan fingerprint density at radius 2 is 1.88 bits per heavy atom. The Balaban J connectivity index is 1.51. The topological polar surface area (TPSA) is 41.1 Å². The third-order valence-electron chi connectivity index (χ3n) is 4.98. The van der Waals surface area contributed by atoms with Crippen LogP contribution in [-0.4, -0.2) is 21.9 Å². The number of thiophene rings is 1. The second kappa shape index (κ2) is 10.2. The Morgan fingerprint density at radius 3 is 2.62 bits per heavy atom. The van der Waals surface area contributed by atoms with E-state index in [1.165, 1.54) is 38.4 Å². The zero-order chi connectivity index (χ0) is 22.5. The SMILES string of the molecule is C=CN(C)Cc1cc(-c2ccc(-c3cncc(NSc4ccc(Cl)nc4)c3)s2)ccc1C. The van der Waals surface area contributed by atoms with Crippen LogP contribution in [0.2, 0.25) is 5.15 Å². The minimum Gasteiger partial charge on any atom is -0.377 e. The van der Waals surface area contributed by atoms with Crippen LogP contribution in [0.4, 0.5) is 5.69 Å². The van der Waals surface area contributed by atoms with Gasteiger partial charge in [0.25, 0.3) is 0 Å². The van der Waals surface area contributed by atoms with Crippen molar-refractivity contribution in [2.24, 2.45) is 0 Å². The van der Waals surface area contributed by atoms with E-state index >= 15 is 0 Å². The number of halogens is 1. The number of anilines is 1. The summed E-state index contributed by atoms with van der Waals surface area (Å²) in [5.74, 6) is 0. The second-order valence-electron chi connectivity index (χ2n) is 7.39. The molecule has 3 aromatic heterocycles. The van der Waals surface area contributed by atoms with Crippen molar-refractivity contribution in [1.29, 1.82) is 0 Å². The van der Waals surface area contributed by atoms with Crippen LogP contribution in [0.5, 0.6) is 0 Å². The zero-order valence-corrected chi connectivity index (χ0v) is 20.3. The summed E-state index contributed by atoms with van der Waals surface area (Å²) in [5.41, 5.74) is 5.84. The van der Waals surface area contributed by atoms with Crippen molar-refractivity contribution in [3.05, 3.63) is 96.2 Å². The highest BCUT2D eigenvalue weighted by Gasteiger charge is 2.09. The van der Waals surface area contributed by atoms with Gasteiger partial charge < -0.3 is 9.62 Å². The van der Waals surface area contributed by atoms with Crippen LogP contribution in [0.1, 0.15) is 11.1 Å². The van der Waals surface area contributed by atoms with Crippen molar-refractivity contribution in [2.45, 2.75) is 18.4 Å². The van der Waals surface area contributed by atoms with Gasteiger partial charge in [0, 0.05) is 46.2 Å². The van der Waals surface area contributed by atoms with Gasteiger partial charge in [0.15, 0.2) is 0 Å². The van der Waals surface area contributed by atoms with Crippen LogP contribution < -0.4 is 4.72 Å². The first-order valence-corrected chi connectivity index (χ1v) is 12.1. The van der Waals surface area contributed by atoms with Crippen molar-refractivity contribution in [2.75, 3.05) is 11.8 Å². The number of rotatable bonds is 8. The standard InChI is InChI=1S/C25H23ClN4S2/c1-4-30(3)16-20-11-18(6-5-17(20)2)23-8-9-24(31-23)19-12-21(14-27-13-19)29-32-22-7-10-25(26)28-15-22/h4-15,29H,1,16H2,2-3H3. The van der Waals surface area contributed by atoms with Gasteiger partial charge in [-0.25, -0.2) is 4.98 Å². The Kier molecular flexibility index (Phi) is 7.15. The van der Waals surface area contributed by atoms with E-state index in [1.54, 1.807) is 23.6 Å². The molecule has 0 bridgehead atoms. The van der Waals surface area contributed by atoms with Crippen molar-refractivity contribution < 1.29 is 0 Å². The summed E-state index contributed by atoms with van der Waals surface area (Å²) in [7, 11) is 2.04. The highest BCUT2D eigenvalue weighted by Crippen LogP contribution is 2.36. The van der Waals surface area contributed by atoms with Crippen LogP contribution in [0.15, 0.2) is 84.8 Å². The molecular formula is C25H23ClN4S2. The summed E-state index contributed by atoms with van der Waals surface area (Å²) in [6.07, 6.45) is 7.31. The average Bonchev–Trinajstić information content (AvgIpc) is 3.31. The van der Waals surface area contributed by atoms with E-state index in [-0.39, 0.29) is 0 Å². The summed E-state index contributed by atoms with van der Waals surface area (Å²) in [4.78, 5) is 14.0. The lowest BCUT2D eigenvalue weighted by molar-refractivity contribution is 0.451. The first kappa shape index (κ1) is 22.4. The third kappa shape index (κ3) is 5.51. The van der Waals surface area contributed by atoms with Crippen LogP contribution >= 0.6 is 34.9 Å². The van der Waals surface area contributed by atoms with E-state index in [9.17, 15) is 0 Å². The molecule has 7 heteroatoms. The van der Waals surface area contributed by atoms with Gasteiger partial charge in [-0.2, -0.15) is 0 Å². The smallest absolute Gasteiger partial charge is 0.129 e. The van der Waals surface area contributed by atoms with E-state index < -0.39 is 0 Å². The largest absolute Gasteiger partial charge is 0.377 e. The maximum atomic E-state index is 5.85. The molecule has 4 nitrogen and oxygen atoms in total. The molecule has 0 aliphatic carbocycles. The molecule has 0 saturated heterocycles. The van der Waals surface area contributed by atoms with Crippen molar-refractivity contribution in [1.82, 2.24) is 14.9 Å². The number of benzene rings is 1. The van der Waals surface area contributed by atoms with E-state index in [4.69, 9.17) is 11.6 Å². The second-order valence-corrected chi connectivity index (χ2v) is 9.74. The number of hydrogen-bond acceptors (Lipinski definition) is 6. The van der Waals surface area contributed by atoms with Gasteiger partial charge in [-0.05, 0) is 78.2 Å². The number of nitrogens with zero attached hydrogens (tertiary/aromatic N) is 3. The van der Waals surface area contributed by atoms with Gasteiger partial charge in [-0.1, -0.05) is 30.3 Å². The first-order chi connectivity index (χ1) is 15.5. The molecule has 3 heterocycles. The van der Waals surface area contributed by atoms with Crippen molar-refractivity contribution in [3.63, 3.8) is 0 Å². The Morgan fingerprint density at radius 1 is 1.06 bits per heavy atom. The highest BCUT2D eigenvalue weighted by atomic mass is 35.5. The highest BCUT2D eigenvalue weighted by molar-refractivity contribution is 8.00. The van der Waals surface area contributed by atoms with Gasteiger partial charge in [0.1, 0.15) is 5.15 Å². The molecule has 0 spiro atoms. The molecule has 0 radical (unpaired) electrons. The predicted octanol–water partition coefficient (Wildman–Crippen LogP) is 7.53. The molecular weight excluding hydrogens is 456 g/mol. The molecule has 4 aromatic rings. The Bertz CT molecular complexity index is 1220. The minimum atomic E-state index is 0.486. The molecule has 162 valence electrons. The Hall–Kier alpha value is -2.80. The molecule has 0 saturated carbocycles. The molecule has 0 atom stereocenters. The van der Waals surface area contributed by atoms with Gasteiger partial charge in [0.05, 0.1) is 11.9 Å². The van der Waals surface area contributed by atoms with E-state index in [1.807, 2.05) is 31.7 Å². The van der Waals surface area contributed by atoms with Gasteiger partial charge in [0.2, 0.25) is 0 Å². The number of pyridine rings is 2. The number of aromatic nitrogens is 2. The number of hydrogen-bond donors (Lipinski definition) is 1. The molecule has 1 aromatic carbocycles. The molecule has 0 aliphatic rings. The molecule has 0 amide bonds. The van der Waals surface area contributed by atoms with E-state index in [2.05, 4.69) is 69.5 Å². The maximum absolute atomic E-state index is 5.85. The summed E-state index contributed by atoms with van der Waals surface area (Å²) in [6.45, 7) is 6.85. The van der Waals surface area contributed by atoms with E-state index in [0.717, 1.165) is 22.7 Å². The summed E-state index contributed by atoms with van der Waals surface area (Å²) < 4.78 is 3.33. The lowest BCUT2D eigenvalue weighted by Crippen LogP contribution is -2.10. The maximum Gasteiger partial charge on any atom is 0.129 e. The fourth-order valence-corrected chi connectivity index (χ4v) is 4.83. The minimum absolute atomic E-state index is 0.486. The summed E-state index contributed by atoms with van der Waals surface area (Å²) in [6, 6.07) is 16.8. The number of nitrogens with one attached hydrogen (secondary N) is 1. The van der Waals surface area contributed by atoms with Crippen molar-refractivity contribution >= 4 is 40.6 Å². The lowest BCUT2D eigenvalue weighted by Gasteiger charge is -2.16. The molecule has 1 N–H and O–H groups in total. The van der Waals surface area contributed by atoms with Crippen LogP contribution in [0, 0.1) is 6.92 Å². The summed E-state index contributed by atoms with van der Waals surface area (Å²) in [5, 5.41) is 0.486. The van der Waals surface area contributed by atoms with Gasteiger partial charge >= 0.3 is 0 Å². The molecule has 0 aliphatic heterocycles. The molecule has 4 rings (SSSR count). The van der Waals surface area contributed by atoms with E-state index in [0.29, 0.717) is 5.15 Å². The lowest BCUT2D eigenvalue weighted by atomic mass is 10.0. The first-order valence-electron chi connectivity index (χ1n) is 10.0. The van der Waals surface area contributed by atoms with Crippen LogP contribution in [-0.2, 0) is 6.54 Å². The quantitative estimate of drug-likeness (QED) is 0.209. The predicted molar refractivity (Wildman–Crippen MR) is 138 cm³/mol. The van der Waals surface area contributed by atoms with Crippen molar-refractivity contribution in [3.8, 4) is 20.9 Å². The van der Waals surface area contributed by atoms with Crippen LogP contribution in [0.25, 0.3) is 20.9 Å². The monoisotopic (exact) mass is 478 g/mol. The molecule has 0 fully saturated rings. The Labute approximate surface area is 202 Å². The zero-order valence-electron chi connectivity index (χ0n) is 17.9. The van der Waals surface area contributed by atoms with Crippen LogP contribution in [0.3, 0.4) is 0 Å². The fraction of sp³-hybridized carbons (Fsp3) is 0.120. The molecule has 32 heavy (non-hydrogen) atoms. The van der Waals surface area contributed by atoms with Gasteiger partial charge in [-0.15, -0.1) is 11.3 Å². The van der Waals surface area contributed by atoms with Gasteiger partial charge in [-0.3, -0.25) is 4.98 Å². The third-order valence-corrected chi connectivity index (χ3v) is 7.20.